The van der Waals surface area contributed by atoms with Crippen LogP contribution in [0.25, 0.3) is 0 Å². The lowest BCUT2D eigenvalue weighted by molar-refractivity contribution is -0.367. The van der Waals surface area contributed by atoms with Gasteiger partial charge in [-0.1, -0.05) is 46.3 Å². The Balaban J connectivity index is 0.998. The van der Waals surface area contributed by atoms with Crippen LogP contribution in [0, 0.1) is 45.3 Å². The van der Waals surface area contributed by atoms with E-state index in [4.69, 9.17) is 37.9 Å². The van der Waals surface area contributed by atoms with Gasteiger partial charge in [0.05, 0.1) is 44.2 Å². The van der Waals surface area contributed by atoms with Crippen LogP contribution < -0.4 is 0 Å². The van der Waals surface area contributed by atoms with Crippen molar-refractivity contribution >= 4 is 0 Å². The molecule has 4 aliphatic carbocycles. The summed E-state index contributed by atoms with van der Waals surface area (Å²) in [6, 6.07) is 0. The molecule has 4 aliphatic heterocycles. The van der Waals surface area contributed by atoms with Crippen LogP contribution in [0.4, 0.5) is 0 Å². The van der Waals surface area contributed by atoms with E-state index < -0.39 is 147 Å². The van der Waals surface area contributed by atoms with Gasteiger partial charge in [-0.05, 0) is 124 Å². The highest BCUT2D eigenvalue weighted by Gasteiger charge is 2.72. The fourth-order valence-electron chi connectivity index (χ4n) is 15.7. The van der Waals surface area contributed by atoms with E-state index in [-0.39, 0.29) is 53.1 Å². The highest BCUT2D eigenvalue weighted by Crippen LogP contribution is 2.76. The summed E-state index contributed by atoms with van der Waals surface area (Å²) in [6.07, 6.45) is -19.8. The summed E-state index contributed by atoms with van der Waals surface area (Å²) in [5.41, 5.74) is -1.26. The number of fused-ring (bicyclic) bond motifs is 5. The lowest BCUT2D eigenvalue weighted by Crippen LogP contribution is -2.67. The molecule has 4 heterocycles. The molecule has 21 heteroatoms. The van der Waals surface area contributed by atoms with Crippen molar-refractivity contribution in [3.63, 3.8) is 0 Å². The van der Waals surface area contributed by atoms with E-state index in [0.717, 1.165) is 31.3 Å². The molecule has 0 aromatic carbocycles. The molecule has 0 radical (unpaired) electrons. The van der Waals surface area contributed by atoms with Crippen molar-refractivity contribution in [1.82, 2.24) is 0 Å². The summed E-state index contributed by atoms with van der Waals surface area (Å²) in [5, 5.41) is 140. The van der Waals surface area contributed by atoms with E-state index in [0.29, 0.717) is 32.1 Å². The van der Waals surface area contributed by atoms with Gasteiger partial charge in [0, 0.05) is 0 Å². The lowest BCUT2D eigenvalue weighted by atomic mass is 9.35. The summed E-state index contributed by atoms with van der Waals surface area (Å²) in [7, 11) is 0. The van der Waals surface area contributed by atoms with Gasteiger partial charge >= 0.3 is 0 Å². The third kappa shape index (κ3) is 10.3. The van der Waals surface area contributed by atoms with Gasteiger partial charge in [-0.2, -0.15) is 0 Å². The van der Waals surface area contributed by atoms with Crippen LogP contribution in [0.1, 0.15) is 113 Å². The molecule has 0 amide bonds. The Morgan fingerprint density at radius 3 is 1.85 bits per heavy atom. The summed E-state index contributed by atoms with van der Waals surface area (Å²) in [6.45, 7) is 15.7. The van der Waals surface area contributed by atoms with E-state index in [2.05, 4.69) is 40.7 Å². The molecule has 8 fully saturated rings. The second-order valence-electron chi connectivity index (χ2n) is 24.8. The van der Waals surface area contributed by atoms with Gasteiger partial charge in [-0.15, -0.1) is 0 Å². The summed E-state index contributed by atoms with van der Waals surface area (Å²) < 4.78 is 48.6. The average molecular weight is 1050 g/mol. The van der Waals surface area contributed by atoms with Gasteiger partial charge < -0.3 is 104 Å². The molecule has 422 valence electrons. The van der Waals surface area contributed by atoms with Crippen molar-refractivity contribution in [2.75, 3.05) is 26.4 Å². The SMILES string of the molecule is CC(C)=CCC[C@](C)(O[C@H]1O[C@@H](CO[C@@H]2OC[C@H](O)[C@H](O)[C@@H]2O)[C@H](O)[C@@H](O)[C@H]1O)[C@H]1CC[C@@]2(C)[C@@H]1[C@@H](O)C[C@H]1[C@]3(C)CC[C@H](O[C@H]4OC[C@@H](O)[C@@H](O)[C@@H]4O[C@H]4O[C@H](CO)[C@H](O)[C@@H](O)[C@H]4O)C(C)(C)[C@@H]3CC[C@]12C. The maximum absolute atomic E-state index is 12.8. The summed E-state index contributed by atoms with van der Waals surface area (Å²) in [4.78, 5) is 0. The molecule has 4 saturated carbocycles. The molecule has 8 rings (SSSR count). The molecule has 0 aromatic rings. The van der Waals surface area contributed by atoms with Gasteiger partial charge in [0.1, 0.15) is 85.5 Å². The monoisotopic (exact) mass is 1050 g/mol. The standard InChI is InChI=1S/C52H88O21/c1-23(2)10-9-14-52(8,73-46-42(65)39(62)37(60)29(70-46)22-68-44-40(63)34(57)26(55)20-66-44)24-11-16-51(7)33(24)25(54)18-31-49(5)15-13-32(48(3,4)30(49)12-17-50(31,51)6)71-47-43(35(58)27(56)21-67-47)72-45-41(64)38(61)36(59)28(19-53)69-45/h10,24-47,53-65H,9,11-22H2,1-8H3/t24-,25-,26-,27+,28+,29-,30-,31-,32-,33-,34-,35+,36-,37-,38+,39+,40-,41+,42+,43-,44-,45+,46+,47+,49+,50+,51-,52-/m0/s1. The molecular weight excluding hydrogens is 961 g/mol. The topological polar surface area (TPSA) is 337 Å². The van der Waals surface area contributed by atoms with Crippen molar-refractivity contribution in [3.05, 3.63) is 11.6 Å². The molecule has 0 bridgehead atoms. The summed E-state index contributed by atoms with van der Waals surface area (Å²) in [5.74, 6) is -0.256. The van der Waals surface area contributed by atoms with Crippen LogP contribution in [0.15, 0.2) is 11.6 Å². The first-order valence-electron chi connectivity index (χ1n) is 26.7. The zero-order valence-electron chi connectivity index (χ0n) is 43.7. The second-order valence-corrected chi connectivity index (χ2v) is 24.8. The Bertz CT molecular complexity index is 1890. The van der Waals surface area contributed by atoms with Gasteiger partial charge in [-0.25, -0.2) is 0 Å². The molecule has 0 spiro atoms. The van der Waals surface area contributed by atoms with E-state index in [1.807, 2.05) is 20.8 Å². The average Bonchev–Trinajstić information content (AvgIpc) is 3.72. The molecule has 21 nitrogen and oxygen atoms in total. The number of aliphatic hydroxyl groups is 13. The highest BCUT2D eigenvalue weighted by molar-refractivity contribution is 5.20. The van der Waals surface area contributed by atoms with Gasteiger partial charge in [-0.3, -0.25) is 0 Å². The normalized spacial score (nSPS) is 52.8. The minimum Gasteiger partial charge on any atom is -0.394 e. The minimum atomic E-state index is -1.75. The quantitative estimate of drug-likeness (QED) is 0.0739. The Morgan fingerprint density at radius 2 is 1.19 bits per heavy atom. The molecule has 4 saturated heterocycles. The molecule has 28 atom stereocenters. The van der Waals surface area contributed by atoms with Crippen LogP contribution in [0.5, 0.6) is 0 Å². The van der Waals surface area contributed by atoms with Crippen molar-refractivity contribution in [2.24, 2.45) is 45.3 Å². The Morgan fingerprint density at radius 1 is 0.603 bits per heavy atom. The Hall–Kier alpha value is -1.10. The van der Waals surface area contributed by atoms with Crippen LogP contribution in [-0.4, -0.2) is 221 Å². The largest absolute Gasteiger partial charge is 0.394 e. The molecule has 13 N–H and O–H groups in total. The maximum atomic E-state index is 12.8. The van der Waals surface area contributed by atoms with Crippen LogP contribution >= 0.6 is 0 Å². The number of allylic oxidation sites excluding steroid dienone is 2. The third-order valence-electron chi connectivity index (χ3n) is 20.1. The van der Waals surface area contributed by atoms with Gasteiger partial charge in [0.2, 0.25) is 0 Å². The molecular formula is C52H88O21. The van der Waals surface area contributed by atoms with Gasteiger partial charge in [0.25, 0.3) is 0 Å². The molecule has 8 aliphatic rings. The molecule has 0 unspecified atom stereocenters. The van der Waals surface area contributed by atoms with Crippen molar-refractivity contribution < 1.29 is 104 Å². The first kappa shape index (κ1) is 58.1. The van der Waals surface area contributed by atoms with Crippen LogP contribution in [0.3, 0.4) is 0 Å². The van der Waals surface area contributed by atoms with Crippen molar-refractivity contribution in [1.29, 1.82) is 0 Å². The van der Waals surface area contributed by atoms with Crippen molar-refractivity contribution in [3.8, 4) is 0 Å². The number of aliphatic hydroxyl groups excluding tert-OH is 13. The smallest absolute Gasteiger partial charge is 0.187 e. The van der Waals surface area contributed by atoms with E-state index in [1.165, 1.54) is 0 Å². The maximum Gasteiger partial charge on any atom is 0.187 e. The molecule has 73 heavy (non-hydrogen) atoms. The fourth-order valence-corrected chi connectivity index (χ4v) is 15.7. The fraction of sp³-hybridized carbons (Fsp3) is 0.962. The van der Waals surface area contributed by atoms with E-state index >= 15 is 0 Å². The highest BCUT2D eigenvalue weighted by atomic mass is 16.8. The predicted molar refractivity (Wildman–Crippen MR) is 254 cm³/mol. The first-order chi connectivity index (χ1) is 34.1. The lowest BCUT2D eigenvalue weighted by Gasteiger charge is -2.71. The second kappa shape index (κ2) is 21.9. The number of hydrogen-bond donors (Lipinski definition) is 13. The Kier molecular flexibility index (Phi) is 17.4. The van der Waals surface area contributed by atoms with E-state index in [1.54, 1.807) is 0 Å². The zero-order valence-corrected chi connectivity index (χ0v) is 43.7. The van der Waals surface area contributed by atoms with Crippen LogP contribution in [0.2, 0.25) is 0 Å². The summed E-state index contributed by atoms with van der Waals surface area (Å²) >= 11 is 0. The third-order valence-corrected chi connectivity index (χ3v) is 20.1. The number of hydrogen-bond acceptors (Lipinski definition) is 21. The Labute approximate surface area is 428 Å². The van der Waals surface area contributed by atoms with Crippen LogP contribution in [-0.2, 0) is 37.9 Å². The number of ether oxygens (including phenoxy) is 8. The first-order valence-corrected chi connectivity index (χ1v) is 26.7. The predicted octanol–water partition coefficient (Wildman–Crippen LogP) is -0.924. The number of rotatable bonds is 14. The van der Waals surface area contributed by atoms with Crippen molar-refractivity contribution in [2.45, 2.75) is 242 Å². The minimum absolute atomic E-state index is 0.0916. The van der Waals surface area contributed by atoms with E-state index in [9.17, 15) is 66.4 Å². The molecule has 0 aromatic heterocycles. The van der Waals surface area contributed by atoms with Gasteiger partial charge in [0.15, 0.2) is 25.2 Å². The zero-order chi connectivity index (χ0) is 53.5.